The van der Waals surface area contributed by atoms with Crippen molar-refractivity contribution >= 4 is 37.2 Å². The molecule has 1 aliphatic rings. The zero-order chi connectivity index (χ0) is 29.0. The van der Waals surface area contributed by atoms with E-state index >= 15 is 0 Å². The first kappa shape index (κ1) is 30.7. The lowest BCUT2D eigenvalue weighted by Crippen LogP contribution is -2.50. The number of esters is 1. The van der Waals surface area contributed by atoms with Crippen molar-refractivity contribution in [2.24, 2.45) is 0 Å². The molecule has 2 aromatic rings. The van der Waals surface area contributed by atoms with Crippen LogP contribution in [0.2, 0.25) is 18.1 Å². The van der Waals surface area contributed by atoms with Crippen LogP contribution in [0.5, 0.6) is 0 Å². The number of amides is 1. The molecule has 214 valence electrons. The van der Waals surface area contributed by atoms with Gasteiger partial charge in [0.25, 0.3) is 0 Å². The smallest absolute Gasteiger partial charge is 0.312 e. The monoisotopic (exact) mass is 561 g/mol. The number of nitrogens with zero attached hydrogens (tertiary/aromatic N) is 4. The molecule has 3 rings (SSSR count). The van der Waals surface area contributed by atoms with Crippen molar-refractivity contribution in [2.45, 2.75) is 109 Å². The number of nitrogens with one attached hydrogen (secondary N) is 1. The van der Waals surface area contributed by atoms with Crippen molar-refractivity contribution in [3.63, 3.8) is 0 Å². The fourth-order valence-corrected chi connectivity index (χ4v) is 5.73. The van der Waals surface area contributed by atoms with Crippen LogP contribution >= 0.6 is 0 Å². The van der Waals surface area contributed by atoms with E-state index in [1.165, 1.54) is 13.4 Å². The lowest BCUT2D eigenvalue weighted by molar-refractivity contribution is -0.140. The minimum Gasteiger partial charge on any atom is -0.469 e. The van der Waals surface area contributed by atoms with E-state index in [2.05, 4.69) is 60.1 Å². The Morgan fingerprint density at radius 1 is 1.31 bits per heavy atom. The third-order valence-corrected chi connectivity index (χ3v) is 12.1. The van der Waals surface area contributed by atoms with Crippen molar-refractivity contribution in [3.05, 3.63) is 12.4 Å². The molecular formula is C27H40FN5O5Si. The number of rotatable bonds is 11. The third-order valence-electron chi connectivity index (χ3n) is 7.62. The van der Waals surface area contributed by atoms with E-state index in [0.29, 0.717) is 32.1 Å². The Morgan fingerprint density at radius 3 is 2.64 bits per heavy atom. The average molecular weight is 562 g/mol. The molecule has 1 fully saturated rings. The molecule has 1 saturated heterocycles. The number of ether oxygens (including phenoxy) is 2. The van der Waals surface area contributed by atoms with E-state index in [0.717, 1.165) is 0 Å². The number of methoxy groups -OCH3 is 1. The largest absolute Gasteiger partial charge is 0.469 e. The highest BCUT2D eigenvalue weighted by atomic mass is 28.4. The predicted molar refractivity (Wildman–Crippen MR) is 148 cm³/mol. The number of imidazole rings is 1. The molecule has 10 nitrogen and oxygen atoms in total. The number of aromatic nitrogens is 4. The molecular weight excluding hydrogens is 521 g/mol. The minimum absolute atomic E-state index is 0.00722. The Morgan fingerprint density at radius 2 is 2.03 bits per heavy atom. The van der Waals surface area contributed by atoms with Gasteiger partial charge in [0.05, 0.1) is 19.5 Å². The molecule has 1 aliphatic heterocycles. The summed E-state index contributed by atoms with van der Waals surface area (Å²) < 4.78 is 34.2. The molecule has 39 heavy (non-hydrogen) atoms. The number of hydrogen-bond acceptors (Lipinski definition) is 8. The second-order valence-electron chi connectivity index (χ2n) is 11.5. The molecule has 0 saturated carbocycles. The van der Waals surface area contributed by atoms with Crippen molar-refractivity contribution in [1.29, 1.82) is 0 Å². The summed E-state index contributed by atoms with van der Waals surface area (Å²) in [4.78, 5) is 35.9. The highest BCUT2D eigenvalue weighted by Gasteiger charge is 2.52. The van der Waals surface area contributed by atoms with E-state index in [1.54, 1.807) is 4.57 Å². The van der Waals surface area contributed by atoms with Gasteiger partial charge in [0, 0.05) is 19.3 Å². The van der Waals surface area contributed by atoms with Crippen LogP contribution in [0.4, 0.5) is 10.2 Å². The molecule has 1 N–H and O–H groups in total. The summed E-state index contributed by atoms with van der Waals surface area (Å²) in [5, 5.41) is 2.56. The lowest BCUT2D eigenvalue weighted by atomic mass is 9.91. The first-order valence-corrected chi connectivity index (χ1v) is 16.3. The first-order chi connectivity index (χ1) is 18.3. The van der Waals surface area contributed by atoms with Gasteiger partial charge in [-0.1, -0.05) is 33.6 Å². The second-order valence-corrected chi connectivity index (χ2v) is 16.2. The standard InChI is InChI=1S/C27H40FN5O5Si/c1-9-13-19(34)30-23-22-24(32-25(28)31-23)33(17-29-22)20-16-18(38-39(7,8)26(3,4)5)27(10-2,37-20)15-12-11-14-21(35)36-6/h2,17-18,20H,9,11-16H2,1,3-8H3,(H,30,31,32,34)/t18-,20+,27-/m0/s1. The van der Waals surface area contributed by atoms with Crippen LogP contribution in [-0.2, 0) is 23.5 Å². The Hall–Kier alpha value is -2.88. The number of terminal acetylenes is 1. The van der Waals surface area contributed by atoms with Gasteiger partial charge in [0.2, 0.25) is 5.91 Å². The zero-order valence-electron chi connectivity index (χ0n) is 24.0. The van der Waals surface area contributed by atoms with E-state index in [9.17, 15) is 14.0 Å². The molecule has 12 heteroatoms. The van der Waals surface area contributed by atoms with Gasteiger partial charge in [-0.25, -0.2) is 4.98 Å². The maximum atomic E-state index is 14.5. The van der Waals surface area contributed by atoms with Gasteiger partial charge >= 0.3 is 12.0 Å². The van der Waals surface area contributed by atoms with E-state index in [1.807, 2.05) is 6.92 Å². The molecule has 0 aromatic carbocycles. The molecule has 2 aromatic heterocycles. The highest BCUT2D eigenvalue weighted by molar-refractivity contribution is 6.74. The Kier molecular flexibility index (Phi) is 9.51. The van der Waals surface area contributed by atoms with Crippen molar-refractivity contribution in [1.82, 2.24) is 19.5 Å². The van der Waals surface area contributed by atoms with Crippen LogP contribution in [0.25, 0.3) is 11.2 Å². The number of carbonyl (C=O) groups excluding carboxylic acids is 2. The molecule has 0 radical (unpaired) electrons. The summed E-state index contributed by atoms with van der Waals surface area (Å²) in [6.07, 6.45) is 8.79. The zero-order valence-corrected chi connectivity index (χ0v) is 25.0. The molecule has 0 spiro atoms. The van der Waals surface area contributed by atoms with Gasteiger partial charge in [0.15, 0.2) is 30.9 Å². The summed E-state index contributed by atoms with van der Waals surface area (Å²) >= 11 is 0. The molecule has 0 aliphatic carbocycles. The molecule has 0 bridgehead atoms. The third kappa shape index (κ3) is 6.83. The summed E-state index contributed by atoms with van der Waals surface area (Å²) in [5.74, 6) is 2.31. The predicted octanol–water partition coefficient (Wildman–Crippen LogP) is 5.12. The quantitative estimate of drug-likeness (QED) is 0.132. The van der Waals surface area contributed by atoms with Gasteiger partial charge in [-0.15, -0.1) is 6.42 Å². The topological polar surface area (TPSA) is 117 Å². The maximum absolute atomic E-state index is 14.5. The normalized spacial score (nSPS) is 21.6. The second kappa shape index (κ2) is 12.1. The van der Waals surface area contributed by atoms with Gasteiger partial charge in [-0.3, -0.25) is 14.2 Å². The van der Waals surface area contributed by atoms with Crippen LogP contribution in [0.15, 0.2) is 6.33 Å². The molecule has 3 heterocycles. The van der Waals surface area contributed by atoms with Crippen LogP contribution in [0, 0.1) is 18.4 Å². The van der Waals surface area contributed by atoms with Crippen LogP contribution in [0.1, 0.15) is 78.9 Å². The van der Waals surface area contributed by atoms with Crippen molar-refractivity contribution in [3.8, 4) is 12.3 Å². The SMILES string of the molecule is C#C[C@@]1(CCCCC(=O)OC)O[C@@H](n2cnc3c(NC(=O)CCC)nc(F)nc32)C[C@@H]1O[Si](C)(C)C(C)(C)C. The fraction of sp³-hybridized carbons (Fsp3) is 0.667. The first-order valence-electron chi connectivity index (χ1n) is 13.4. The highest BCUT2D eigenvalue weighted by Crippen LogP contribution is 2.47. The lowest BCUT2D eigenvalue weighted by Gasteiger charge is -2.41. The van der Waals surface area contributed by atoms with E-state index < -0.39 is 32.3 Å². The number of fused-ring (bicyclic) bond motifs is 1. The van der Waals surface area contributed by atoms with Crippen molar-refractivity contribution in [2.75, 3.05) is 12.4 Å². The average Bonchev–Trinajstić information content (AvgIpc) is 3.42. The maximum Gasteiger partial charge on any atom is 0.312 e. The summed E-state index contributed by atoms with van der Waals surface area (Å²) in [5.41, 5.74) is -0.636. The van der Waals surface area contributed by atoms with Gasteiger partial charge < -0.3 is 19.2 Å². The Labute approximate surface area is 230 Å². The number of carbonyl (C=O) groups is 2. The Bertz CT molecular complexity index is 1240. The number of anilines is 1. The number of hydrogen-bond donors (Lipinski definition) is 1. The van der Waals surface area contributed by atoms with E-state index in [4.69, 9.17) is 20.3 Å². The Balaban J connectivity index is 1.96. The van der Waals surface area contributed by atoms with Crippen molar-refractivity contribution < 1.29 is 27.9 Å². The summed E-state index contributed by atoms with van der Waals surface area (Å²) in [6.45, 7) is 12.6. The van der Waals surface area contributed by atoms with Crippen LogP contribution in [-0.4, -0.2) is 58.5 Å². The molecule has 3 atom stereocenters. The van der Waals surface area contributed by atoms with Gasteiger partial charge in [-0.05, 0) is 43.8 Å². The summed E-state index contributed by atoms with van der Waals surface area (Å²) in [6, 6.07) is 0. The molecule has 1 amide bonds. The minimum atomic E-state index is -2.27. The van der Waals surface area contributed by atoms with E-state index in [-0.39, 0.29) is 46.7 Å². The van der Waals surface area contributed by atoms with Crippen LogP contribution < -0.4 is 5.32 Å². The van der Waals surface area contributed by atoms with Crippen LogP contribution in [0.3, 0.4) is 0 Å². The fourth-order valence-electron chi connectivity index (χ4n) is 4.37. The van der Waals surface area contributed by atoms with Gasteiger partial charge in [0.1, 0.15) is 6.23 Å². The molecule has 0 unspecified atom stereocenters. The number of unbranched alkanes of at least 4 members (excludes halogenated alkanes) is 1. The van der Waals surface area contributed by atoms with Gasteiger partial charge in [-0.2, -0.15) is 14.4 Å². The number of halogens is 1. The summed E-state index contributed by atoms with van der Waals surface area (Å²) in [7, 11) is -0.904.